The number of aliphatic hydroxyl groups is 1. The summed E-state index contributed by atoms with van der Waals surface area (Å²) in [6.45, 7) is 17.0. The van der Waals surface area contributed by atoms with Gasteiger partial charge < -0.3 is 37.3 Å². The Kier molecular flexibility index (Phi) is 18.6. The van der Waals surface area contributed by atoms with Crippen molar-refractivity contribution in [3.8, 4) is 11.9 Å². The Hall–Kier alpha value is -3.32. The molecule has 2 fully saturated rings. The second-order valence-corrected chi connectivity index (χ2v) is 28.9. The number of ether oxygens (including phenoxy) is 2. The van der Waals surface area contributed by atoms with Gasteiger partial charge in [-0.2, -0.15) is 10.2 Å². The molecule has 1 aliphatic heterocycles. The van der Waals surface area contributed by atoms with Crippen LogP contribution in [0.25, 0.3) is 11.2 Å². The van der Waals surface area contributed by atoms with Crippen LogP contribution in [0.2, 0.25) is 22.2 Å². The molecular weight excluding hydrogens is 939 g/mol. The number of nitriles is 1. The molecule has 1 saturated heterocycles. The summed E-state index contributed by atoms with van der Waals surface area (Å²) in [6, 6.07) is 3.48. The quantitative estimate of drug-likeness (QED) is 0.0427. The first-order valence-electron chi connectivity index (χ1n) is 22.0. The molecule has 0 spiro atoms. The van der Waals surface area contributed by atoms with Crippen molar-refractivity contribution in [1.29, 1.82) is 5.26 Å². The number of aromatic amines is 1. The van der Waals surface area contributed by atoms with Crippen molar-refractivity contribution in [2.75, 3.05) is 25.1 Å². The van der Waals surface area contributed by atoms with E-state index in [9.17, 15) is 34.2 Å². The number of imidazole rings is 1. The Bertz CT molecular complexity index is 2250. The van der Waals surface area contributed by atoms with Gasteiger partial charge in [-0.05, 0) is 28.6 Å². The van der Waals surface area contributed by atoms with Crippen molar-refractivity contribution in [2.45, 2.75) is 147 Å². The zero-order valence-electron chi connectivity index (χ0n) is 38.9. The molecule has 2 unspecified atom stereocenters. The highest BCUT2D eigenvalue weighted by atomic mass is 31.2. The van der Waals surface area contributed by atoms with Gasteiger partial charge in [0.2, 0.25) is 17.7 Å². The van der Waals surface area contributed by atoms with Crippen LogP contribution < -0.4 is 15.6 Å². The molecule has 3 aromatic heterocycles. The largest absolute Gasteiger partial charge is 0.475 e. The number of nitrogens with one attached hydrogen (secondary N) is 2. The standard InChI is InChI=1S/C39H64N8O15P2Si2/c1-22(2)36(49)45-39-44-35-32(37(50)46-39)43-21-47(35)38-34(33(30(18-48)58-38)61-66(25(7)8,26(9)10)62-65(54,23(3)4)24(5)6)60-64(53,55-15-11-13-40)56-19-27-16-28(17-29(27)59-63(51)52)57-31-12-14-41-20-42-31/h12,14,20-30,33-34,38,48,54,63H,11,15-19H2,1-10H3,(H,51,52)(H2,44,45,46,49,50)/t27-,28-,29+,30-,33-,34-,38-,64?/m1/s1. The van der Waals surface area contributed by atoms with E-state index in [0.717, 1.165) is 0 Å². The number of carbonyl (C=O) groups excluding carboxylic acids is 1. The Morgan fingerprint density at radius 1 is 1.08 bits per heavy atom. The predicted molar refractivity (Wildman–Crippen MR) is 243 cm³/mol. The topological polar surface area (TPSA) is 311 Å². The van der Waals surface area contributed by atoms with E-state index in [1.807, 2.05) is 61.5 Å². The molecular formula is C39H64N8O15P2Si2. The number of phosphoric ester groups is 1. The van der Waals surface area contributed by atoms with Gasteiger partial charge >= 0.3 is 33.2 Å². The molecule has 1 saturated carbocycles. The van der Waals surface area contributed by atoms with Crippen molar-refractivity contribution >= 4 is 56.2 Å². The van der Waals surface area contributed by atoms with Gasteiger partial charge in [-0.25, -0.2) is 19.5 Å². The van der Waals surface area contributed by atoms with Crippen molar-refractivity contribution in [3.05, 3.63) is 35.3 Å². The highest BCUT2D eigenvalue weighted by Crippen LogP contribution is 2.56. The van der Waals surface area contributed by atoms with Crippen LogP contribution in [0.15, 0.2) is 29.7 Å². The molecule has 4 heterocycles. The van der Waals surface area contributed by atoms with E-state index >= 15 is 4.57 Å². The number of aromatic nitrogens is 6. The number of anilines is 1. The number of fused-ring (bicyclic) bond motifs is 1. The van der Waals surface area contributed by atoms with Crippen LogP contribution in [-0.2, 0) is 45.3 Å². The zero-order valence-corrected chi connectivity index (χ0v) is 42.7. The minimum absolute atomic E-state index is 0.0938. The van der Waals surface area contributed by atoms with Gasteiger partial charge in [0, 0.05) is 30.5 Å². The number of amides is 1. The minimum Gasteiger partial charge on any atom is -0.474 e. The average Bonchev–Trinajstić information content (AvgIpc) is 3.94. The third-order valence-corrected chi connectivity index (χ3v) is 23.4. The minimum atomic E-state index is -4.89. The third-order valence-electron chi connectivity index (χ3n) is 11.7. The fourth-order valence-corrected chi connectivity index (χ4v) is 20.0. The number of aliphatic hydroxyl groups excluding tert-OH is 1. The first kappa shape index (κ1) is 53.6. The Labute approximate surface area is 386 Å². The lowest BCUT2D eigenvalue weighted by atomic mass is 10.1. The van der Waals surface area contributed by atoms with Crippen LogP contribution >= 0.6 is 16.1 Å². The van der Waals surface area contributed by atoms with Gasteiger partial charge in [0.1, 0.15) is 30.7 Å². The SMILES string of the molecule is CC(C)C(=O)Nc1nc2c(ncn2[C@@H]2O[C@H](CO)[C@@H](O[Si](O[Si](O)(C(C)C)C(C)C)(C(C)C)C(C)C)[C@H]2OP(=O)(OCCC#N)OC[C@H]2C[C@@H](Oc3ccncn3)C[C@@H]2O[PH](=O)O)c(=O)[nH]1. The molecule has 23 nitrogen and oxygen atoms in total. The first-order valence-corrected chi connectivity index (χ1v) is 28.7. The van der Waals surface area contributed by atoms with Crippen LogP contribution in [0.5, 0.6) is 5.88 Å². The summed E-state index contributed by atoms with van der Waals surface area (Å²) in [5, 5.41) is 23.1. The fourth-order valence-electron chi connectivity index (χ4n) is 8.07. The fraction of sp³-hybridized carbons (Fsp3) is 0.718. The lowest BCUT2D eigenvalue weighted by molar-refractivity contribution is -0.118. The van der Waals surface area contributed by atoms with Crippen molar-refractivity contribution in [3.63, 3.8) is 0 Å². The average molecular weight is 1000 g/mol. The summed E-state index contributed by atoms with van der Waals surface area (Å²) in [6.07, 6.45) is -2.98. The molecule has 0 radical (unpaired) electrons. The number of phosphoric acid groups is 1. The lowest BCUT2D eigenvalue weighted by Gasteiger charge is -2.47. The van der Waals surface area contributed by atoms with E-state index in [4.69, 9.17) is 36.1 Å². The maximum Gasteiger partial charge on any atom is 0.475 e. The van der Waals surface area contributed by atoms with Gasteiger partial charge in [0.25, 0.3) is 5.56 Å². The van der Waals surface area contributed by atoms with Gasteiger partial charge in [-0.1, -0.05) is 69.2 Å². The Balaban J connectivity index is 1.62. The van der Waals surface area contributed by atoms with Gasteiger partial charge in [-0.15, -0.1) is 0 Å². The van der Waals surface area contributed by atoms with Crippen molar-refractivity contribution in [2.24, 2.45) is 11.8 Å². The molecule has 1 aliphatic carbocycles. The second-order valence-electron chi connectivity index (χ2n) is 17.9. The van der Waals surface area contributed by atoms with Crippen LogP contribution in [0.1, 0.15) is 94.7 Å². The molecule has 0 bridgehead atoms. The summed E-state index contributed by atoms with van der Waals surface area (Å²) < 4.78 is 79.0. The predicted octanol–water partition coefficient (Wildman–Crippen LogP) is 5.38. The van der Waals surface area contributed by atoms with Gasteiger partial charge in [0.15, 0.2) is 17.4 Å². The van der Waals surface area contributed by atoms with Crippen molar-refractivity contribution < 1.29 is 64.8 Å². The number of rotatable bonds is 24. The first-order chi connectivity index (χ1) is 31.1. The van der Waals surface area contributed by atoms with Crippen molar-refractivity contribution in [1.82, 2.24) is 29.5 Å². The van der Waals surface area contributed by atoms with Gasteiger partial charge in [0.05, 0.1) is 44.7 Å². The molecule has 368 valence electrons. The van der Waals surface area contributed by atoms with E-state index < -0.39 is 113 Å². The maximum atomic E-state index is 15.2. The molecule has 2 aliphatic rings. The Morgan fingerprint density at radius 3 is 2.35 bits per heavy atom. The summed E-state index contributed by atoms with van der Waals surface area (Å²) >= 11 is 0. The van der Waals surface area contributed by atoms with E-state index in [1.54, 1.807) is 19.9 Å². The molecule has 1 amide bonds. The van der Waals surface area contributed by atoms with Crippen LogP contribution in [0.4, 0.5) is 5.95 Å². The zero-order chi connectivity index (χ0) is 48.7. The number of H-pyrrole nitrogens is 1. The molecule has 3 aromatic rings. The van der Waals surface area contributed by atoms with Crippen LogP contribution in [0, 0.1) is 23.2 Å². The summed E-state index contributed by atoms with van der Waals surface area (Å²) in [4.78, 5) is 67.4. The number of carbonyl (C=O) groups is 1. The summed E-state index contributed by atoms with van der Waals surface area (Å²) in [5.41, 5.74) is -2.17. The molecule has 5 N–H and O–H groups in total. The second kappa shape index (κ2) is 22.9. The van der Waals surface area contributed by atoms with E-state index in [2.05, 4.69) is 30.2 Å². The maximum absolute atomic E-state index is 15.2. The number of nitrogens with zero attached hydrogens (tertiary/aromatic N) is 6. The molecule has 9 atom stereocenters. The smallest absolute Gasteiger partial charge is 0.474 e. The van der Waals surface area contributed by atoms with E-state index in [0.29, 0.717) is 0 Å². The molecule has 0 aromatic carbocycles. The number of hydrogen-bond acceptors (Lipinski definition) is 19. The summed E-state index contributed by atoms with van der Waals surface area (Å²) in [5.74, 6) is -1.56. The highest BCUT2D eigenvalue weighted by molar-refractivity contribution is 7.48. The monoisotopic (exact) mass is 1000 g/mol. The molecule has 5 rings (SSSR count). The van der Waals surface area contributed by atoms with E-state index in [-0.39, 0.29) is 64.4 Å². The summed E-state index contributed by atoms with van der Waals surface area (Å²) in [7, 11) is -15.7. The van der Waals surface area contributed by atoms with E-state index in [1.165, 1.54) is 23.4 Å². The highest BCUT2D eigenvalue weighted by Gasteiger charge is 2.60. The molecule has 27 heteroatoms. The van der Waals surface area contributed by atoms with Crippen LogP contribution in [0.3, 0.4) is 0 Å². The van der Waals surface area contributed by atoms with Gasteiger partial charge in [-0.3, -0.25) is 42.6 Å². The molecule has 66 heavy (non-hydrogen) atoms. The normalized spacial score (nSPS) is 24.2. The van der Waals surface area contributed by atoms with Crippen LogP contribution in [-0.4, -0.2) is 118 Å². The third kappa shape index (κ3) is 12.5. The Morgan fingerprint density at radius 2 is 1.77 bits per heavy atom. The lowest BCUT2D eigenvalue weighted by Crippen LogP contribution is -2.62. The number of hydrogen-bond donors (Lipinski definition) is 5.